The molecule has 1 unspecified atom stereocenters. The first-order valence-electron chi connectivity index (χ1n) is 47.6. The van der Waals surface area contributed by atoms with Gasteiger partial charge in [0, 0.05) is 0 Å². The fraction of sp³-hybridized carbons (Fsp3) is 0.145. The van der Waals surface area contributed by atoms with Gasteiger partial charge in [-0.05, 0) is 121 Å². The van der Waals surface area contributed by atoms with E-state index < -0.39 is 62.0 Å². The minimum absolute atomic E-state index is 0.000507. The number of hydrogen-bond donors (Lipinski definition) is 0. The van der Waals surface area contributed by atoms with Crippen LogP contribution in [0.25, 0.3) is 0 Å². The second-order valence-corrected chi connectivity index (χ2v) is 34.0. The van der Waals surface area contributed by atoms with Gasteiger partial charge in [0.2, 0.25) is 23.0 Å². The molecule has 0 fully saturated rings. The Kier molecular flexibility index (Phi) is 35.0. The monoisotopic (exact) mass is 1930 g/mol. The van der Waals surface area contributed by atoms with Gasteiger partial charge in [0.05, 0.1) is 28.9 Å². The lowest BCUT2D eigenvalue weighted by Gasteiger charge is -2.38. The summed E-state index contributed by atoms with van der Waals surface area (Å²) in [5, 5.41) is 0. The Morgan fingerprint density at radius 3 is 0.510 bits per heavy atom. The third kappa shape index (κ3) is 29.0. The van der Waals surface area contributed by atoms with Crippen molar-refractivity contribution in [2.24, 2.45) is 0 Å². The predicted molar refractivity (Wildman–Crippen MR) is 549 cm³/mol. The molecule has 0 radical (unpaired) electrons. The van der Waals surface area contributed by atoms with Crippen molar-refractivity contribution < 1.29 is 99.7 Å². The maximum atomic E-state index is 16.9. The van der Waals surface area contributed by atoms with Gasteiger partial charge in [-0.2, -0.15) is 0 Å². The van der Waals surface area contributed by atoms with Crippen molar-refractivity contribution in [2.75, 3.05) is 19.8 Å². The Morgan fingerprint density at radius 2 is 0.331 bits per heavy atom. The highest BCUT2D eigenvalue weighted by atomic mass is 16.6. The molecule has 1 atom stereocenters. The molecule has 0 aliphatic carbocycles. The molecule has 21 nitrogen and oxygen atoms in total. The highest BCUT2D eigenvalue weighted by Gasteiger charge is 2.48. The van der Waals surface area contributed by atoms with E-state index in [-0.39, 0.29) is 171 Å². The van der Waals surface area contributed by atoms with Crippen LogP contribution in [0.15, 0.2) is 443 Å². The van der Waals surface area contributed by atoms with Crippen molar-refractivity contribution in [3.8, 4) is 69.0 Å². The SMILES string of the molecule is O=C(OCC(OC(=O)c1cc(OCc2ccccc2)c(OCc2ccccc2)c(OCc2ccccc2)c1)C(COC(=O)c1cc(OCc2ccccc2)c(OCc2ccccc2)c(OCc2ccccc2)c1)(COC(=O)c1cc(OCc2ccccc2)c(OCc2ccccc2)c(OCc2ccccc2)c1)OCc1ccccc1)c1cc(OCc2ccccc2)c(OCc2ccccc2)c(OCc2ccccc2)c1. The fourth-order valence-corrected chi connectivity index (χ4v) is 15.5. The zero-order valence-electron chi connectivity index (χ0n) is 79.6. The molecule has 0 amide bonds. The summed E-state index contributed by atoms with van der Waals surface area (Å²) in [5.74, 6) is -3.03. The lowest BCUT2D eigenvalue weighted by atomic mass is 9.97. The average Bonchev–Trinajstić information content (AvgIpc) is 0.769. The Morgan fingerprint density at radius 1 is 0.179 bits per heavy atom. The highest BCUT2D eigenvalue weighted by molar-refractivity contribution is 5.94. The Balaban J connectivity index is 0.842. The fourth-order valence-electron chi connectivity index (χ4n) is 15.5. The predicted octanol–water partition coefficient (Wildman–Crippen LogP) is 25.7. The van der Waals surface area contributed by atoms with Gasteiger partial charge in [0.15, 0.2) is 57.7 Å². The van der Waals surface area contributed by atoms with Crippen LogP contribution >= 0.6 is 0 Å². The van der Waals surface area contributed by atoms with Crippen molar-refractivity contribution in [2.45, 2.75) is 97.6 Å². The molecule has 728 valence electrons. The average molecular weight is 1930 g/mol. The summed E-state index contributed by atoms with van der Waals surface area (Å²) in [6, 6.07) is 134. The summed E-state index contributed by atoms with van der Waals surface area (Å²) in [7, 11) is 0. The van der Waals surface area contributed by atoms with Gasteiger partial charge in [0.1, 0.15) is 99.1 Å². The third-order valence-electron chi connectivity index (χ3n) is 23.3. The lowest BCUT2D eigenvalue weighted by Crippen LogP contribution is -2.57. The largest absolute Gasteiger partial charge is 0.485 e. The molecular weight excluding hydrogens is 1830 g/mol. The molecule has 0 aliphatic heterocycles. The molecule has 17 aromatic carbocycles. The molecule has 0 aromatic heterocycles. The topological polar surface area (TPSA) is 225 Å². The first-order chi connectivity index (χ1) is 71.5. The van der Waals surface area contributed by atoms with Gasteiger partial charge in [-0.1, -0.05) is 394 Å². The van der Waals surface area contributed by atoms with Gasteiger partial charge >= 0.3 is 23.9 Å². The van der Waals surface area contributed by atoms with Crippen molar-refractivity contribution in [1.82, 2.24) is 0 Å². The molecule has 0 saturated carbocycles. The maximum absolute atomic E-state index is 16.9. The lowest BCUT2D eigenvalue weighted by molar-refractivity contribution is -0.186. The van der Waals surface area contributed by atoms with E-state index in [1.807, 2.05) is 370 Å². The van der Waals surface area contributed by atoms with Crippen LogP contribution in [0.5, 0.6) is 69.0 Å². The van der Waals surface area contributed by atoms with Crippen LogP contribution in [0.4, 0.5) is 0 Å². The molecule has 0 N–H and O–H groups in total. The zero-order valence-corrected chi connectivity index (χ0v) is 79.6. The quantitative estimate of drug-likeness (QED) is 0.0255. The van der Waals surface area contributed by atoms with Crippen molar-refractivity contribution >= 4 is 23.9 Å². The number of benzene rings is 17. The molecule has 0 saturated heterocycles. The first kappa shape index (κ1) is 98.8. The summed E-state index contributed by atoms with van der Waals surface area (Å²) in [6.45, 7) is -3.28. The van der Waals surface area contributed by atoms with Crippen LogP contribution in [-0.4, -0.2) is 55.4 Å². The number of carbonyl (C=O) groups is 4. The number of hydrogen-bond acceptors (Lipinski definition) is 21. The van der Waals surface area contributed by atoms with E-state index in [4.69, 9.17) is 80.5 Å². The summed E-state index contributed by atoms with van der Waals surface area (Å²) in [5.41, 5.74) is 6.83. The Bertz CT molecular complexity index is 6500. The number of rotatable bonds is 51. The second kappa shape index (κ2) is 51.4. The summed E-state index contributed by atoms with van der Waals surface area (Å²) in [4.78, 5) is 66.0. The summed E-state index contributed by atoms with van der Waals surface area (Å²) >= 11 is 0. The van der Waals surface area contributed by atoms with Crippen LogP contribution in [-0.2, 0) is 110 Å². The van der Waals surface area contributed by atoms with E-state index in [0.29, 0.717) is 5.56 Å². The minimum atomic E-state index is -2.55. The van der Waals surface area contributed by atoms with E-state index in [1.54, 1.807) is 24.3 Å². The van der Waals surface area contributed by atoms with Crippen LogP contribution in [0.3, 0.4) is 0 Å². The minimum Gasteiger partial charge on any atom is -0.485 e. The van der Waals surface area contributed by atoms with E-state index in [2.05, 4.69) is 0 Å². The van der Waals surface area contributed by atoms with Gasteiger partial charge in [0.25, 0.3) is 0 Å². The van der Waals surface area contributed by atoms with Gasteiger partial charge < -0.3 is 80.5 Å². The van der Waals surface area contributed by atoms with E-state index in [1.165, 1.54) is 48.5 Å². The molecule has 0 bridgehead atoms. The molecule has 17 aromatic rings. The van der Waals surface area contributed by atoms with Gasteiger partial charge in [-0.25, -0.2) is 19.2 Å². The maximum Gasteiger partial charge on any atom is 0.338 e. The van der Waals surface area contributed by atoms with E-state index >= 15 is 19.2 Å². The molecule has 145 heavy (non-hydrogen) atoms. The molecule has 17 rings (SSSR count). The molecule has 0 heterocycles. The van der Waals surface area contributed by atoms with Crippen molar-refractivity contribution in [1.29, 1.82) is 0 Å². The van der Waals surface area contributed by atoms with Gasteiger partial charge in [-0.3, -0.25) is 0 Å². The summed E-state index contributed by atoms with van der Waals surface area (Å²) in [6.07, 6.45) is -2.06. The number of carbonyl (C=O) groups excluding carboxylic acids is 4. The van der Waals surface area contributed by atoms with Crippen molar-refractivity contribution in [3.63, 3.8) is 0 Å². The molecule has 21 heteroatoms. The second-order valence-electron chi connectivity index (χ2n) is 34.0. The normalized spacial score (nSPS) is 11.2. The van der Waals surface area contributed by atoms with E-state index in [9.17, 15) is 0 Å². The zero-order chi connectivity index (χ0) is 99.1. The highest BCUT2D eigenvalue weighted by Crippen LogP contribution is 2.47. The van der Waals surface area contributed by atoms with Crippen LogP contribution < -0.4 is 56.8 Å². The third-order valence-corrected chi connectivity index (χ3v) is 23.3. The number of ether oxygens (including phenoxy) is 17. The molecular formula is C124H106O21. The molecule has 0 spiro atoms. The van der Waals surface area contributed by atoms with Crippen LogP contribution in [0.2, 0.25) is 0 Å². The Hall–Kier alpha value is -17.8. The van der Waals surface area contributed by atoms with Crippen LogP contribution in [0.1, 0.15) is 114 Å². The van der Waals surface area contributed by atoms with E-state index in [0.717, 1.165) is 66.8 Å². The first-order valence-corrected chi connectivity index (χ1v) is 47.6. The van der Waals surface area contributed by atoms with Gasteiger partial charge in [-0.15, -0.1) is 0 Å². The number of esters is 4. The standard InChI is InChI=1S/C124H106O21/c125-120(103-66-107(129-74-90-40-14-1-15-41-90)116(137-82-98-56-30-9-31-57-98)108(67-103)130-75-91-42-16-2-17-43-91)141-87-115(145-123(128)106-72-113(135-80-96-52-26-7-27-53-96)119(140-85-101-62-36-12-37-63-101)114(73-106)136-81-97-54-28-8-29-55-97)124(144-86-102-64-38-13-39-65-102,88-142-121(126)104-68-109(131-76-92-44-18-3-19-45-92)117(138-83-99-58-32-10-33-59-99)110(69-104)132-77-93-46-20-4-21-47-93)89-143-122(127)105-70-111(133-78-94-48-22-5-23-49-94)118(139-84-100-60-34-11-35-61-100)112(71-105)134-79-95-50-24-6-25-51-95/h1-73,115H,74-89H2. The molecule has 0 aliphatic rings. The Labute approximate surface area is 842 Å². The smallest absolute Gasteiger partial charge is 0.338 e. The van der Waals surface area contributed by atoms with Crippen molar-refractivity contribution in [3.05, 3.63) is 537 Å². The summed E-state index contributed by atoms with van der Waals surface area (Å²) < 4.78 is 116. The van der Waals surface area contributed by atoms with Crippen LogP contribution in [0, 0.1) is 0 Å².